The van der Waals surface area contributed by atoms with E-state index in [1.54, 1.807) is 0 Å². The van der Waals surface area contributed by atoms with E-state index in [9.17, 15) is 0 Å². The number of aliphatic imine (C=N–C) groups is 2. The van der Waals surface area contributed by atoms with E-state index >= 15 is 0 Å². The van der Waals surface area contributed by atoms with Gasteiger partial charge in [0.1, 0.15) is 0 Å². The Hall–Kier alpha value is -5.78. The molecule has 0 heterocycles. The number of aryl methyl sites for hydroxylation is 2. The fourth-order valence-corrected chi connectivity index (χ4v) is 4.49. The van der Waals surface area contributed by atoms with Crippen molar-refractivity contribution in [3.05, 3.63) is 203 Å². The summed E-state index contributed by atoms with van der Waals surface area (Å²) >= 11 is 0. The van der Waals surface area contributed by atoms with Gasteiger partial charge in [-0.3, -0.25) is 0 Å². The van der Waals surface area contributed by atoms with E-state index in [0.717, 1.165) is 44.8 Å². The van der Waals surface area contributed by atoms with Gasteiger partial charge in [0.15, 0.2) is 0 Å². The number of nitrogens with zero attached hydrogens (tertiary/aromatic N) is 2. The van der Waals surface area contributed by atoms with Crippen molar-refractivity contribution < 1.29 is 0 Å². The number of benzene rings is 6. The van der Waals surface area contributed by atoms with Crippen LogP contribution in [0.25, 0.3) is 11.1 Å². The molecule has 0 amide bonds. The highest BCUT2D eigenvalue weighted by Gasteiger charge is 2.05. The Bertz CT molecular complexity index is 1650. The lowest BCUT2D eigenvalue weighted by atomic mass is 9.99. The molecule has 0 aliphatic carbocycles. The van der Waals surface area contributed by atoms with Crippen molar-refractivity contribution in [2.45, 2.75) is 13.8 Å². The van der Waals surface area contributed by atoms with E-state index in [0.29, 0.717) is 0 Å². The topological polar surface area (TPSA) is 24.7 Å². The average Bonchev–Trinajstić information content (AvgIpc) is 3.09. The van der Waals surface area contributed by atoms with E-state index in [1.165, 1.54) is 11.1 Å². The minimum absolute atomic E-state index is 0.912. The fraction of sp³-hybridized carbons (Fsp3) is 0.0476. The molecule has 6 aromatic carbocycles. The molecule has 2 nitrogen and oxygen atoms in total. The Morgan fingerprint density at radius 3 is 0.841 bits per heavy atom. The van der Waals surface area contributed by atoms with Gasteiger partial charge >= 0.3 is 0 Å². The molecule has 2 heteroatoms. The van der Waals surface area contributed by atoms with Gasteiger partial charge in [-0.05, 0) is 72.1 Å². The largest absolute Gasteiger partial charge is 0.206 e. The van der Waals surface area contributed by atoms with Crippen molar-refractivity contribution >= 4 is 34.3 Å². The summed E-state index contributed by atoms with van der Waals surface area (Å²) in [5, 5.41) is 0. The molecule has 6 rings (SSSR count). The molecule has 0 saturated carbocycles. The van der Waals surface area contributed by atoms with Crippen LogP contribution in [0.5, 0.6) is 0 Å². The Morgan fingerprint density at radius 2 is 0.591 bits per heavy atom. The summed E-state index contributed by atoms with van der Waals surface area (Å²) in [4.78, 5) is 9.03. The zero-order valence-corrected chi connectivity index (χ0v) is 25.1. The van der Waals surface area contributed by atoms with Crippen LogP contribution in [0.3, 0.4) is 0 Å². The number of hydrogen-bond acceptors (Lipinski definition) is 2. The standard InChI is InChI=1S/2C21H17N/c2*1-17-12-14-20(15-13-17)22-16-21(18-8-4-2-5-9-18)19-10-6-3-7-11-19/h2*2-15H,1H3. The first-order valence-corrected chi connectivity index (χ1v) is 14.7. The Labute approximate surface area is 260 Å². The lowest BCUT2D eigenvalue weighted by molar-refractivity contribution is 1.44. The van der Waals surface area contributed by atoms with E-state index < -0.39 is 0 Å². The zero-order chi connectivity index (χ0) is 30.4. The highest BCUT2D eigenvalue weighted by molar-refractivity contribution is 6.00. The summed E-state index contributed by atoms with van der Waals surface area (Å²) in [6, 6.07) is 57.3. The molecule has 0 aliphatic rings. The van der Waals surface area contributed by atoms with Crippen LogP contribution in [0.1, 0.15) is 33.4 Å². The van der Waals surface area contributed by atoms with E-state index in [4.69, 9.17) is 0 Å². The van der Waals surface area contributed by atoms with Crippen molar-refractivity contribution in [1.82, 2.24) is 0 Å². The first-order chi connectivity index (χ1) is 21.7. The monoisotopic (exact) mass is 566 g/mol. The van der Waals surface area contributed by atoms with Gasteiger partial charge in [-0.2, -0.15) is 0 Å². The highest BCUT2D eigenvalue weighted by atomic mass is 14.7. The molecule has 0 fully saturated rings. The average molecular weight is 567 g/mol. The SMILES string of the molecule is Cc1ccc(N=C=C(c2ccccc2)c2ccccc2)cc1.Cc1ccc(N=C=C(c2ccccc2)c2ccccc2)cc1. The number of hydrogen-bond donors (Lipinski definition) is 0. The third-order valence-corrected chi connectivity index (χ3v) is 6.91. The van der Waals surface area contributed by atoms with Crippen molar-refractivity contribution in [3.8, 4) is 0 Å². The predicted octanol–water partition coefficient (Wildman–Crippen LogP) is 10.9. The summed E-state index contributed by atoms with van der Waals surface area (Å²) in [6.45, 7) is 4.14. The molecule has 6 aromatic rings. The van der Waals surface area contributed by atoms with Gasteiger partial charge in [-0.1, -0.05) is 157 Å². The third-order valence-electron chi connectivity index (χ3n) is 6.91. The normalized spacial score (nSPS) is 9.86. The molecule has 0 spiro atoms. The summed E-state index contributed by atoms with van der Waals surface area (Å²) in [6.07, 6.45) is 0. The maximum Gasteiger partial charge on any atom is 0.0730 e. The molecule has 0 radical (unpaired) electrons. The van der Waals surface area contributed by atoms with Crippen LogP contribution in [0.2, 0.25) is 0 Å². The van der Waals surface area contributed by atoms with Crippen molar-refractivity contribution in [2.75, 3.05) is 0 Å². The van der Waals surface area contributed by atoms with Gasteiger partial charge in [0.2, 0.25) is 0 Å². The lowest BCUT2D eigenvalue weighted by Gasteiger charge is -2.04. The summed E-state index contributed by atoms with van der Waals surface area (Å²) in [5.41, 5.74) is 10.8. The van der Waals surface area contributed by atoms with Crippen LogP contribution in [-0.2, 0) is 0 Å². The van der Waals surface area contributed by atoms with Crippen LogP contribution in [-0.4, -0.2) is 11.7 Å². The van der Waals surface area contributed by atoms with Gasteiger partial charge in [-0.15, -0.1) is 0 Å². The second kappa shape index (κ2) is 15.4. The molecular weight excluding hydrogens is 532 g/mol. The van der Waals surface area contributed by atoms with Gasteiger partial charge in [0.25, 0.3) is 0 Å². The third kappa shape index (κ3) is 8.61. The molecule has 0 unspecified atom stereocenters. The Morgan fingerprint density at radius 1 is 0.341 bits per heavy atom. The van der Waals surface area contributed by atoms with Crippen molar-refractivity contribution in [3.63, 3.8) is 0 Å². The van der Waals surface area contributed by atoms with E-state index in [-0.39, 0.29) is 0 Å². The first-order valence-electron chi connectivity index (χ1n) is 14.7. The number of rotatable bonds is 6. The Kier molecular flexibility index (Phi) is 10.4. The maximum atomic E-state index is 4.51. The highest BCUT2D eigenvalue weighted by Crippen LogP contribution is 2.22. The van der Waals surface area contributed by atoms with Crippen LogP contribution in [0.4, 0.5) is 11.4 Å². The first kappa shape index (κ1) is 29.7. The van der Waals surface area contributed by atoms with Gasteiger partial charge < -0.3 is 0 Å². The molecule has 212 valence electrons. The second-order valence-electron chi connectivity index (χ2n) is 10.3. The Balaban J connectivity index is 0.000000175. The van der Waals surface area contributed by atoms with Crippen molar-refractivity contribution in [1.29, 1.82) is 0 Å². The molecule has 0 bridgehead atoms. The second-order valence-corrected chi connectivity index (χ2v) is 10.3. The smallest absolute Gasteiger partial charge is 0.0730 e. The zero-order valence-electron chi connectivity index (χ0n) is 25.1. The minimum Gasteiger partial charge on any atom is -0.206 e. The molecule has 0 atom stereocenters. The molecule has 0 aromatic heterocycles. The maximum absolute atomic E-state index is 4.51. The van der Waals surface area contributed by atoms with Crippen LogP contribution in [0.15, 0.2) is 180 Å². The van der Waals surface area contributed by atoms with Crippen LogP contribution < -0.4 is 0 Å². The van der Waals surface area contributed by atoms with E-state index in [1.807, 2.05) is 97.1 Å². The van der Waals surface area contributed by atoms with Gasteiger partial charge in [0.05, 0.1) is 22.5 Å². The molecular formula is C42H34N2. The quantitative estimate of drug-likeness (QED) is 0.179. The molecule has 0 aliphatic heterocycles. The molecule has 0 saturated heterocycles. The summed E-state index contributed by atoms with van der Waals surface area (Å²) < 4.78 is 0. The minimum atomic E-state index is 0.912. The van der Waals surface area contributed by atoms with Crippen LogP contribution in [0, 0.1) is 13.8 Å². The predicted molar refractivity (Wildman–Crippen MR) is 187 cm³/mol. The van der Waals surface area contributed by atoms with E-state index in [2.05, 4.69) is 108 Å². The van der Waals surface area contributed by atoms with Crippen molar-refractivity contribution in [2.24, 2.45) is 9.98 Å². The fourth-order valence-electron chi connectivity index (χ4n) is 4.49. The molecule has 0 N–H and O–H groups in total. The summed E-state index contributed by atoms with van der Waals surface area (Å²) in [5.74, 6) is 6.46. The van der Waals surface area contributed by atoms with Crippen LogP contribution >= 0.6 is 0 Å². The van der Waals surface area contributed by atoms with Gasteiger partial charge in [0, 0.05) is 0 Å². The molecule has 44 heavy (non-hydrogen) atoms. The van der Waals surface area contributed by atoms with Gasteiger partial charge in [-0.25, -0.2) is 9.98 Å². The summed E-state index contributed by atoms with van der Waals surface area (Å²) in [7, 11) is 0. The lowest BCUT2D eigenvalue weighted by Crippen LogP contribution is -1.88.